The van der Waals surface area contributed by atoms with Gasteiger partial charge < -0.3 is 24.2 Å². The van der Waals surface area contributed by atoms with Gasteiger partial charge in [0.25, 0.3) is 11.7 Å². The number of hydrogen-bond donors (Lipinski definition) is 1. The number of rotatable bonds is 7. The van der Waals surface area contributed by atoms with Gasteiger partial charge in [0.15, 0.2) is 0 Å². The lowest BCUT2D eigenvalue weighted by Crippen LogP contribution is -2.42. The molecule has 1 N–H and O–H groups in total. The molecule has 9 heteroatoms. The average Bonchev–Trinajstić information content (AvgIpc) is 3.44. The molecule has 0 saturated carbocycles. The summed E-state index contributed by atoms with van der Waals surface area (Å²) >= 11 is 1.45. The van der Waals surface area contributed by atoms with Crippen molar-refractivity contribution in [2.45, 2.75) is 6.04 Å². The minimum absolute atomic E-state index is 0.0721. The number of ether oxygens (including phenoxy) is 3. The Morgan fingerprint density at radius 3 is 2.59 bits per heavy atom. The second-order valence-corrected chi connectivity index (χ2v) is 8.51. The van der Waals surface area contributed by atoms with Gasteiger partial charge in [0.2, 0.25) is 0 Å². The molecule has 4 rings (SSSR count). The number of methoxy groups -OCH3 is 2. The number of carbonyl (C=O) groups excluding carboxylic acids is 2. The first-order valence-electron chi connectivity index (χ1n) is 10.4. The summed E-state index contributed by atoms with van der Waals surface area (Å²) in [5.41, 5.74) is 0.406. The largest absolute Gasteiger partial charge is 0.507 e. The van der Waals surface area contributed by atoms with Gasteiger partial charge in [-0.1, -0.05) is 6.07 Å². The molecule has 2 aromatic rings. The van der Waals surface area contributed by atoms with Crippen LogP contribution in [0, 0.1) is 0 Å². The van der Waals surface area contributed by atoms with Crippen LogP contribution in [0.5, 0.6) is 11.5 Å². The van der Waals surface area contributed by atoms with Crippen molar-refractivity contribution in [1.29, 1.82) is 0 Å². The van der Waals surface area contributed by atoms with Crippen LogP contribution in [-0.4, -0.2) is 80.2 Å². The molecule has 8 nitrogen and oxygen atoms in total. The highest BCUT2D eigenvalue weighted by Crippen LogP contribution is 2.42. The Kier molecular flexibility index (Phi) is 6.78. The molecule has 2 aliphatic rings. The molecule has 2 saturated heterocycles. The van der Waals surface area contributed by atoms with Gasteiger partial charge >= 0.3 is 0 Å². The van der Waals surface area contributed by atoms with Crippen LogP contribution in [0.2, 0.25) is 0 Å². The highest BCUT2D eigenvalue weighted by Gasteiger charge is 2.46. The van der Waals surface area contributed by atoms with E-state index in [1.54, 1.807) is 23.1 Å². The summed E-state index contributed by atoms with van der Waals surface area (Å²) in [6.07, 6.45) is 0. The van der Waals surface area contributed by atoms with E-state index in [9.17, 15) is 14.7 Å². The first kappa shape index (κ1) is 22.3. The lowest BCUT2D eigenvalue weighted by molar-refractivity contribution is -0.140. The quantitative estimate of drug-likeness (QED) is 0.387. The number of benzene rings is 1. The Morgan fingerprint density at radius 1 is 1.16 bits per heavy atom. The molecule has 1 amide bonds. The van der Waals surface area contributed by atoms with Crippen LogP contribution in [0.15, 0.2) is 41.3 Å². The fraction of sp³-hybridized carbons (Fsp3) is 0.391. The van der Waals surface area contributed by atoms with Crippen LogP contribution in [0.3, 0.4) is 0 Å². The monoisotopic (exact) mass is 458 g/mol. The van der Waals surface area contributed by atoms with Gasteiger partial charge in [-0.3, -0.25) is 14.5 Å². The number of morpholine rings is 1. The zero-order chi connectivity index (χ0) is 22.7. The third-order valence-corrected chi connectivity index (χ3v) is 6.70. The fourth-order valence-electron chi connectivity index (χ4n) is 4.07. The van der Waals surface area contributed by atoms with Crippen LogP contribution in [0.4, 0.5) is 0 Å². The topological polar surface area (TPSA) is 88.5 Å². The van der Waals surface area contributed by atoms with Gasteiger partial charge in [0.1, 0.15) is 17.3 Å². The smallest absolute Gasteiger partial charge is 0.295 e. The Bertz CT molecular complexity index is 1010. The number of nitrogens with zero attached hydrogens (tertiary/aromatic N) is 2. The maximum absolute atomic E-state index is 13.1. The number of thiophene rings is 1. The van der Waals surface area contributed by atoms with Crippen LogP contribution in [-0.2, 0) is 14.3 Å². The van der Waals surface area contributed by atoms with E-state index >= 15 is 0 Å². The first-order valence-corrected chi connectivity index (χ1v) is 11.3. The Morgan fingerprint density at radius 2 is 1.94 bits per heavy atom. The molecule has 0 bridgehead atoms. The van der Waals surface area contributed by atoms with Gasteiger partial charge in [0.05, 0.1) is 44.6 Å². The lowest BCUT2D eigenvalue weighted by Gasteiger charge is -2.30. The van der Waals surface area contributed by atoms with Gasteiger partial charge in [-0.15, -0.1) is 11.3 Å². The number of hydrogen-bond acceptors (Lipinski definition) is 8. The normalized spacial score (nSPS) is 21.2. The van der Waals surface area contributed by atoms with Gasteiger partial charge in [0, 0.05) is 37.1 Å². The molecule has 0 radical (unpaired) electrons. The highest BCUT2D eigenvalue weighted by atomic mass is 32.1. The predicted molar refractivity (Wildman–Crippen MR) is 120 cm³/mol. The molecular weight excluding hydrogens is 432 g/mol. The number of Topliss-reactive ketones (excluding diaryl/α,β-unsaturated/α-hetero) is 1. The van der Waals surface area contributed by atoms with Crippen molar-refractivity contribution in [3.8, 4) is 11.5 Å². The zero-order valence-electron chi connectivity index (χ0n) is 18.1. The lowest BCUT2D eigenvalue weighted by atomic mass is 9.99. The first-order chi connectivity index (χ1) is 15.5. The summed E-state index contributed by atoms with van der Waals surface area (Å²) in [5, 5.41) is 13.1. The number of aliphatic hydroxyl groups is 1. The molecule has 170 valence electrons. The molecule has 1 unspecified atom stereocenters. The number of carbonyl (C=O) groups is 2. The van der Waals surface area contributed by atoms with Crippen molar-refractivity contribution in [2.75, 3.05) is 53.6 Å². The highest BCUT2D eigenvalue weighted by molar-refractivity contribution is 7.10. The van der Waals surface area contributed by atoms with E-state index in [0.717, 1.165) is 18.0 Å². The number of likely N-dealkylation sites (tertiary alicyclic amines) is 1. The van der Waals surface area contributed by atoms with E-state index in [1.165, 1.54) is 25.6 Å². The van der Waals surface area contributed by atoms with Crippen molar-refractivity contribution >= 4 is 28.8 Å². The van der Waals surface area contributed by atoms with E-state index in [2.05, 4.69) is 4.90 Å². The zero-order valence-corrected chi connectivity index (χ0v) is 18.9. The summed E-state index contributed by atoms with van der Waals surface area (Å²) in [5.74, 6) is -0.646. The average molecular weight is 459 g/mol. The summed E-state index contributed by atoms with van der Waals surface area (Å²) in [6.45, 7) is 3.90. The van der Waals surface area contributed by atoms with Crippen LogP contribution in [0.1, 0.15) is 16.5 Å². The molecule has 1 atom stereocenters. The molecule has 1 aromatic heterocycles. The maximum atomic E-state index is 13.1. The second-order valence-electron chi connectivity index (χ2n) is 7.53. The van der Waals surface area contributed by atoms with Crippen molar-refractivity contribution in [3.05, 3.63) is 51.7 Å². The molecule has 2 aliphatic heterocycles. The molecule has 2 fully saturated rings. The Balaban J connectivity index is 1.73. The summed E-state index contributed by atoms with van der Waals surface area (Å²) in [4.78, 5) is 30.7. The number of amides is 1. The fourth-order valence-corrected chi connectivity index (χ4v) is 4.91. The molecule has 0 spiro atoms. The van der Waals surface area contributed by atoms with Crippen LogP contribution < -0.4 is 9.47 Å². The van der Waals surface area contributed by atoms with Crippen molar-refractivity contribution in [2.24, 2.45) is 0 Å². The standard InChI is InChI=1S/C23H26N2O6S/c1-29-15-5-6-16(17(14-15)30-2)21(26)19-20(18-4-3-13-32-18)25(23(28)22(19)27)8-7-24-9-11-31-12-10-24/h3-6,13-14,20,26H,7-12H2,1-2H3/b21-19+. The minimum atomic E-state index is -0.694. The second kappa shape index (κ2) is 9.72. The van der Waals surface area contributed by atoms with Crippen LogP contribution in [0.25, 0.3) is 5.76 Å². The van der Waals surface area contributed by atoms with E-state index in [0.29, 0.717) is 43.4 Å². The molecule has 1 aromatic carbocycles. The summed E-state index contributed by atoms with van der Waals surface area (Å²) in [6, 6.07) is 8.02. The summed E-state index contributed by atoms with van der Waals surface area (Å²) in [7, 11) is 3.01. The van der Waals surface area contributed by atoms with Crippen LogP contribution >= 0.6 is 11.3 Å². The number of ketones is 1. The predicted octanol–water partition coefficient (Wildman–Crippen LogP) is 2.52. The van der Waals surface area contributed by atoms with Gasteiger partial charge in [-0.25, -0.2) is 0 Å². The third kappa shape index (κ3) is 4.23. The molecule has 0 aliphatic carbocycles. The van der Waals surface area contributed by atoms with Crippen molar-refractivity contribution < 1.29 is 28.9 Å². The Hall–Kier alpha value is -2.88. The third-order valence-electron chi connectivity index (χ3n) is 5.78. The van der Waals surface area contributed by atoms with Crippen molar-refractivity contribution in [3.63, 3.8) is 0 Å². The van der Waals surface area contributed by atoms with Gasteiger partial charge in [-0.2, -0.15) is 0 Å². The Labute approximate surface area is 190 Å². The maximum Gasteiger partial charge on any atom is 0.295 e. The minimum Gasteiger partial charge on any atom is -0.507 e. The van der Waals surface area contributed by atoms with E-state index in [4.69, 9.17) is 14.2 Å². The molecular formula is C23H26N2O6S. The van der Waals surface area contributed by atoms with E-state index in [-0.39, 0.29) is 11.3 Å². The van der Waals surface area contributed by atoms with E-state index < -0.39 is 17.7 Å². The molecule has 32 heavy (non-hydrogen) atoms. The van der Waals surface area contributed by atoms with Crippen molar-refractivity contribution in [1.82, 2.24) is 9.80 Å². The molecule has 3 heterocycles. The number of aliphatic hydroxyl groups excluding tert-OH is 1. The van der Waals surface area contributed by atoms with E-state index in [1.807, 2.05) is 17.5 Å². The SMILES string of the molecule is COc1ccc(/C(O)=C2\C(=O)C(=O)N(CCN3CCOCC3)C2c2cccs2)c(OC)c1. The van der Waals surface area contributed by atoms with Gasteiger partial charge in [-0.05, 0) is 23.6 Å². The summed E-state index contributed by atoms with van der Waals surface area (Å²) < 4.78 is 16.0.